The number of fused-ring (bicyclic) bond motifs is 1. The third kappa shape index (κ3) is 4.50. The van der Waals surface area contributed by atoms with Gasteiger partial charge in [0.25, 0.3) is 0 Å². The lowest BCUT2D eigenvalue weighted by molar-refractivity contribution is 1.02. The molecule has 0 saturated carbocycles. The lowest BCUT2D eigenvalue weighted by Gasteiger charge is -2.07. The molecule has 0 aliphatic carbocycles. The van der Waals surface area contributed by atoms with Gasteiger partial charge in [0.1, 0.15) is 5.69 Å². The number of aliphatic imine (C=N–C) groups is 1. The molecule has 0 bridgehead atoms. The third-order valence-corrected chi connectivity index (χ3v) is 4.62. The van der Waals surface area contributed by atoms with Gasteiger partial charge >= 0.3 is 0 Å². The number of hydrazone groups is 1. The molecule has 0 radical (unpaired) electrons. The van der Waals surface area contributed by atoms with Crippen LogP contribution in [0.1, 0.15) is 11.3 Å². The molecule has 1 heterocycles. The average Bonchev–Trinajstić information content (AvgIpc) is 2.75. The zero-order chi connectivity index (χ0) is 19.2. The molecular weight excluding hydrogens is 412 g/mol. The molecule has 0 amide bonds. The van der Waals surface area contributed by atoms with Crippen molar-refractivity contribution in [3.8, 4) is 0 Å². The number of nitrogens with one attached hydrogen (secondary N) is 1. The molecule has 0 unspecified atom stereocenters. The molecule has 28 heavy (non-hydrogen) atoms. The molecule has 0 atom stereocenters. The summed E-state index contributed by atoms with van der Waals surface area (Å²) in [7, 11) is 0. The van der Waals surface area contributed by atoms with Crippen LogP contribution in [0.5, 0.6) is 0 Å². The molecule has 4 aromatic rings. The number of hydrogen-bond acceptors (Lipinski definition) is 3. The Labute approximate surface area is 171 Å². The van der Waals surface area contributed by atoms with Crippen LogP contribution in [-0.2, 0) is 0 Å². The summed E-state index contributed by atoms with van der Waals surface area (Å²) in [6, 6.07) is 29.7. The number of hydrogen-bond donors (Lipinski definition) is 1. The van der Waals surface area contributed by atoms with E-state index in [1.54, 1.807) is 6.21 Å². The van der Waals surface area contributed by atoms with Crippen LogP contribution >= 0.6 is 15.9 Å². The van der Waals surface area contributed by atoms with E-state index in [4.69, 9.17) is 9.98 Å². The Morgan fingerprint density at radius 3 is 2.39 bits per heavy atom. The van der Waals surface area contributed by atoms with Crippen molar-refractivity contribution in [2.45, 2.75) is 0 Å². The number of rotatable bonds is 4. The van der Waals surface area contributed by atoms with E-state index in [-0.39, 0.29) is 0 Å². The van der Waals surface area contributed by atoms with Crippen molar-refractivity contribution in [3.63, 3.8) is 0 Å². The maximum absolute atomic E-state index is 4.74. The first kappa shape index (κ1) is 18.1. The third-order valence-electron chi connectivity index (χ3n) is 4.09. The van der Waals surface area contributed by atoms with Gasteiger partial charge in [0, 0.05) is 9.86 Å². The average molecular weight is 429 g/mol. The van der Waals surface area contributed by atoms with Gasteiger partial charge in [-0.1, -0.05) is 70.5 Å². The smallest absolute Gasteiger partial charge is 0.173 e. The fourth-order valence-electron chi connectivity index (χ4n) is 2.69. The van der Waals surface area contributed by atoms with Gasteiger partial charge in [-0.3, -0.25) is 5.43 Å². The van der Waals surface area contributed by atoms with E-state index >= 15 is 0 Å². The Hall–Kier alpha value is -3.31. The zero-order valence-corrected chi connectivity index (χ0v) is 16.5. The van der Waals surface area contributed by atoms with E-state index in [0.717, 1.165) is 32.3 Å². The quantitative estimate of drug-likeness (QED) is 0.257. The molecule has 0 saturated heterocycles. The Morgan fingerprint density at radius 1 is 0.821 bits per heavy atom. The highest BCUT2D eigenvalue weighted by Crippen LogP contribution is 2.15. The van der Waals surface area contributed by atoms with E-state index in [2.05, 4.69) is 26.5 Å². The van der Waals surface area contributed by atoms with Crippen molar-refractivity contribution in [2.24, 2.45) is 10.1 Å². The molecule has 0 fully saturated rings. The summed E-state index contributed by atoms with van der Waals surface area (Å²) in [4.78, 5) is 9.44. The minimum atomic E-state index is 0.588. The standard InChI is InChI=1S/C23H17BrN4/c24-19-13-10-17(11-14-19)16-25-28-23(26-20-7-2-1-3-8-20)22-15-12-18-6-4-5-9-21(18)27-22/h1-16H,(H,26,28)/b25-16+. The van der Waals surface area contributed by atoms with Crippen LogP contribution in [-0.4, -0.2) is 17.0 Å². The number of benzene rings is 3. The molecule has 5 heteroatoms. The van der Waals surface area contributed by atoms with Crippen LogP contribution in [0.4, 0.5) is 5.69 Å². The van der Waals surface area contributed by atoms with Crippen LogP contribution in [0.2, 0.25) is 0 Å². The van der Waals surface area contributed by atoms with Gasteiger partial charge in [-0.05, 0) is 42.0 Å². The first-order valence-electron chi connectivity index (χ1n) is 8.82. The fourth-order valence-corrected chi connectivity index (χ4v) is 2.95. The summed E-state index contributed by atoms with van der Waals surface area (Å²) in [6.45, 7) is 0. The number of aromatic nitrogens is 1. The van der Waals surface area contributed by atoms with Crippen molar-refractivity contribution in [1.82, 2.24) is 10.4 Å². The lowest BCUT2D eigenvalue weighted by Crippen LogP contribution is -2.20. The molecule has 4 nitrogen and oxygen atoms in total. The van der Waals surface area contributed by atoms with E-state index in [9.17, 15) is 0 Å². The van der Waals surface area contributed by atoms with Crippen molar-refractivity contribution in [3.05, 3.63) is 107 Å². The monoisotopic (exact) mass is 428 g/mol. The molecule has 4 rings (SSSR count). The molecule has 1 N–H and O–H groups in total. The van der Waals surface area contributed by atoms with E-state index in [1.807, 2.05) is 91.0 Å². The van der Waals surface area contributed by atoms with Gasteiger partial charge in [0.2, 0.25) is 0 Å². The SMILES string of the molecule is Brc1ccc(/C=N/NC(=Nc2ccccc2)c2ccc3ccccc3n2)cc1. The van der Waals surface area contributed by atoms with Crippen molar-refractivity contribution in [1.29, 1.82) is 0 Å². The second kappa shape index (κ2) is 8.59. The van der Waals surface area contributed by atoms with Gasteiger partial charge in [-0.2, -0.15) is 5.10 Å². The molecule has 3 aromatic carbocycles. The van der Waals surface area contributed by atoms with Gasteiger partial charge < -0.3 is 0 Å². The van der Waals surface area contributed by atoms with Crippen LogP contribution < -0.4 is 5.43 Å². The largest absolute Gasteiger partial charge is 0.260 e. The van der Waals surface area contributed by atoms with Crippen molar-refractivity contribution >= 4 is 44.6 Å². The minimum absolute atomic E-state index is 0.588. The second-order valence-corrected chi connectivity index (χ2v) is 7.02. The van der Waals surface area contributed by atoms with Gasteiger partial charge in [-0.15, -0.1) is 0 Å². The predicted molar refractivity (Wildman–Crippen MR) is 119 cm³/mol. The molecule has 136 valence electrons. The highest BCUT2D eigenvalue weighted by molar-refractivity contribution is 9.10. The second-order valence-electron chi connectivity index (χ2n) is 6.11. The van der Waals surface area contributed by atoms with Gasteiger partial charge in [0.15, 0.2) is 5.84 Å². The van der Waals surface area contributed by atoms with Crippen LogP contribution in [0.3, 0.4) is 0 Å². The van der Waals surface area contributed by atoms with Gasteiger partial charge in [-0.25, -0.2) is 9.98 Å². The summed E-state index contributed by atoms with van der Waals surface area (Å²) >= 11 is 3.44. The first-order valence-corrected chi connectivity index (χ1v) is 9.62. The molecular formula is C23H17BrN4. The Bertz CT molecular complexity index is 1140. The normalized spacial score (nSPS) is 11.8. The fraction of sp³-hybridized carbons (Fsp3) is 0. The Kier molecular flexibility index (Phi) is 5.54. The number of pyridine rings is 1. The molecule has 0 aliphatic heterocycles. The minimum Gasteiger partial charge on any atom is -0.260 e. The summed E-state index contributed by atoms with van der Waals surface area (Å²) in [5, 5.41) is 5.45. The first-order chi connectivity index (χ1) is 13.8. The van der Waals surface area contributed by atoms with Crippen LogP contribution in [0.15, 0.2) is 106 Å². The topological polar surface area (TPSA) is 49.6 Å². The van der Waals surface area contributed by atoms with Gasteiger partial charge in [0.05, 0.1) is 17.4 Å². The number of nitrogens with zero attached hydrogens (tertiary/aromatic N) is 3. The number of amidine groups is 1. The maximum Gasteiger partial charge on any atom is 0.173 e. The van der Waals surface area contributed by atoms with Crippen molar-refractivity contribution in [2.75, 3.05) is 0 Å². The zero-order valence-electron chi connectivity index (χ0n) is 15.0. The molecule has 0 aliphatic rings. The summed E-state index contributed by atoms with van der Waals surface area (Å²) in [5.41, 5.74) is 6.53. The van der Waals surface area contributed by atoms with E-state index in [0.29, 0.717) is 5.84 Å². The van der Waals surface area contributed by atoms with E-state index < -0.39 is 0 Å². The maximum atomic E-state index is 4.74. The Morgan fingerprint density at radius 2 is 1.57 bits per heavy atom. The molecule has 0 spiro atoms. The summed E-state index contributed by atoms with van der Waals surface area (Å²) in [6.07, 6.45) is 1.76. The van der Waals surface area contributed by atoms with Crippen LogP contribution in [0, 0.1) is 0 Å². The Balaban J connectivity index is 1.67. The lowest BCUT2D eigenvalue weighted by atomic mass is 10.2. The highest BCUT2D eigenvalue weighted by Gasteiger charge is 2.06. The predicted octanol–water partition coefficient (Wildman–Crippen LogP) is 5.70. The van der Waals surface area contributed by atoms with Crippen molar-refractivity contribution < 1.29 is 0 Å². The number of para-hydroxylation sites is 2. The summed E-state index contributed by atoms with van der Waals surface area (Å²) < 4.78 is 1.03. The highest BCUT2D eigenvalue weighted by atomic mass is 79.9. The summed E-state index contributed by atoms with van der Waals surface area (Å²) in [5.74, 6) is 0.588. The van der Waals surface area contributed by atoms with Crippen LogP contribution in [0.25, 0.3) is 10.9 Å². The number of halogens is 1. The van der Waals surface area contributed by atoms with E-state index in [1.165, 1.54) is 0 Å². The molecule has 1 aromatic heterocycles.